The van der Waals surface area contributed by atoms with Gasteiger partial charge >= 0.3 is 6.09 Å². The van der Waals surface area contributed by atoms with E-state index in [1.54, 1.807) is 60.6 Å². The van der Waals surface area contributed by atoms with Gasteiger partial charge in [0.05, 0.1) is 26.7 Å². The molecule has 25 heteroatoms. The van der Waals surface area contributed by atoms with Gasteiger partial charge in [0.15, 0.2) is 5.71 Å². The van der Waals surface area contributed by atoms with Gasteiger partial charge in [-0.3, -0.25) is 37.9 Å². The van der Waals surface area contributed by atoms with Gasteiger partial charge in [0, 0.05) is 66.7 Å². The van der Waals surface area contributed by atoms with Gasteiger partial charge in [-0.2, -0.15) is 38.2 Å². The molecule has 64 heavy (non-hydrogen) atoms. The summed E-state index contributed by atoms with van der Waals surface area (Å²) in [6.45, 7) is 5.37. The number of carbonyl (C=O) groups is 4. The van der Waals surface area contributed by atoms with Crippen molar-refractivity contribution >= 4 is 81.4 Å². The molecule has 1 atom stereocenters. The molecule has 348 valence electrons. The van der Waals surface area contributed by atoms with Crippen LogP contribution < -0.4 is 10.2 Å². The molecule has 5 N–H and O–H groups in total. The second-order valence-electron chi connectivity index (χ2n) is 15.9. The summed E-state index contributed by atoms with van der Waals surface area (Å²) in [5, 5.41) is 2.21. The smallest absolute Gasteiger partial charge is 0.344 e. The first-order valence-electron chi connectivity index (χ1n) is 19.5. The maximum absolute atomic E-state index is 12.8. The van der Waals surface area contributed by atoms with Gasteiger partial charge in [0.1, 0.15) is 6.54 Å². The Labute approximate surface area is 370 Å². The first-order valence-corrected chi connectivity index (χ1v) is 25.6. The quantitative estimate of drug-likeness (QED) is 0.0619. The molecule has 3 aliphatic heterocycles. The molecule has 0 aromatic heterocycles. The number of amides is 4. The molecule has 2 aromatic rings. The Morgan fingerprint density at radius 2 is 1.36 bits per heavy atom. The van der Waals surface area contributed by atoms with Gasteiger partial charge in [-0.25, -0.2) is 4.79 Å². The Morgan fingerprint density at radius 3 is 1.95 bits per heavy atom. The lowest BCUT2D eigenvalue weighted by molar-refractivity contribution is -0.437. The van der Waals surface area contributed by atoms with Crippen LogP contribution in [0.15, 0.2) is 82.3 Å². The molecule has 0 bridgehead atoms. The third-order valence-electron chi connectivity index (χ3n) is 11.0. The number of nitrogens with zero attached hydrogens (tertiary/aromatic N) is 3. The van der Waals surface area contributed by atoms with Crippen molar-refractivity contribution in [2.45, 2.75) is 86.3 Å². The lowest BCUT2D eigenvalue weighted by Crippen LogP contribution is -2.39. The van der Waals surface area contributed by atoms with Crippen LogP contribution in [-0.4, -0.2) is 116 Å². The van der Waals surface area contributed by atoms with Gasteiger partial charge in [-0.05, 0) is 82.0 Å². The molecule has 1 saturated heterocycles. The van der Waals surface area contributed by atoms with E-state index in [9.17, 15) is 71.1 Å². The van der Waals surface area contributed by atoms with E-state index in [2.05, 4.69) is 0 Å². The van der Waals surface area contributed by atoms with Crippen molar-refractivity contribution in [2.24, 2.45) is 0 Å². The number of rotatable bonds is 18. The predicted molar refractivity (Wildman–Crippen MR) is 228 cm³/mol. The lowest BCUT2D eigenvalue weighted by Gasteiger charge is -2.30. The average Bonchev–Trinajstić information content (AvgIpc) is 3.68. The fourth-order valence-electron chi connectivity index (χ4n) is 7.96. The Kier molecular flexibility index (Phi) is 14.6. The van der Waals surface area contributed by atoms with Gasteiger partial charge in [0.2, 0.25) is 11.6 Å². The Hall–Kier alpha value is -5.15. The maximum Gasteiger partial charge on any atom is 0.438 e. The Balaban J connectivity index is 1.49. The van der Waals surface area contributed by atoms with E-state index in [4.69, 9.17) is 4.84 Å². The molecule has 2 aromatic carbocycles. The fraction of sp³-hybridized carbons (Fsp3) is 0.410. The zero-order valence-corrected chi connectivity index (χ0v) is 38.0. The first-order chi connectivity index (χ1) is 29.5. The topological polar surface area (TPSA) is 317 Å². The van der Waals surface area contributed by atoms with Gasteiger partial charge in [-0.1, -0.05) is 18.2 Å². The molecule has 21 nitrogen and oxygen atoms in total. The minimum absolute atomic E-state index is 0.00803. The van der Waals surface area contributed by atoms with E-state index in [0.29, 0.717) is 33.9 Å². The minimum Gasteiger partial charge on any atom is -0.344 e. The summed E-state index contributed by atoms with van der Waals surface area (Å²) in [4.78, 5) is 54.4. The summed E-state index contributed by atoms with van der Waals surface area (Å²) in [6.07, 6.45) is 6.20. The molecule has 1 unspecified atom stereocenters. The monoisotopic (exact) mass is 971 g/mol. The van der Waals surface area contributed by atoms with Crippen LogP contribution in [0.1, 0.15) is 76.8 Å². The van der Waals surface area contributed by atoms with Crippen molar-refractivity contribution in [3.63, 3.8) is 0 Å². The molecule has 0 spiro atoms. The van der Waals surface area contributed by atoms with Crippen molar-refractivity contribution in [3.05, 3.63) is 83.6 Å². The summed E-state index contributed by atoms with van der Waals surface area (Å²) in [7, 11) is -18.0. The highest BCUT2D eigenvalue weighted by molar-refractivity contribution is 7.86. The summed E-state index contributed by atoms with van der Waals surface area (Å²) >= 11 is 0. The van der Waals surface area contributed by atoms with E-state index in [-0.39, 0.29) is 68.0 Å². The number of hydrogen-bond donors (Lipinski definition) is 5. The molecule has 5 rings (SSSR count). The normalized spacial score (nSPS) is 19.6. The van der Waals surface area contributed by atoms with Gasteiger partial charge in [0.25, 0.3) is 52.3 Å². The number of benzene rings is 2. The first kappa shape index (κ1) is 49.9. The molecule has 3 heterocycles. The Morgan fingerprint density at radius 1 is 0.781 bits per heavy atom. The summed E-state index contributed by atoms with van der Waals surface area (Å²) in [5.74, 6) is -3.53. The molecular weight excluding hydrogens is 925 g/mol. The second-order valence-corrected chi connectivity index (χ2v) is 21.9. The highest BCUT2D eigenvalue weighted by Gasteiger charge is 2.46. The number of hydroxylamine groups is 2. The molecule has 0 radical (unpaired) electrons. The van der Waals surface area contributed by atoms with Gasteiger partial charge in [-0.15, -0.1) is 5.06 Å². The summed E-state index contributed by atoms with van der Waals surface area (Å²) in [5.41, 5.74) is 0.800. The number of nitrogens with one attached hydrogen (secondary N) is 1. The summed E-state index contributed by atoms with van der Waals surface area (Å²) in [6, 6.07) is 7.81. The van der Waals surface area contributed by atoms with Gasteiger partial charge < -0.3 is 9.74 Å². The molecule has 0 saturated carbocycles. The highest BCUT2D eigenvalue weighted by atomic mass is 32.2. The van der Waals surface area contributed by atoms with E-state index in [1.807, 2.05) is 5.32 Å². The van der Waals surface area contributed by atoms with Crippen LogP contribution in [0.2, 0.25) is 0 Å². The predicted octanol–water partition coefficient (Wildman–Crippen LogP) is 3.37. The van der Waals surface area contributed by atoms with Crippen molar-refractivity contribution in [2.75, 3.05) is 29.5 Å². The Bertz CT molecular complexity index is 2830. The van der Waals surface area contributed by atoms with Crippen LogP contribution in [0.3, 0.4) is 0 Å². The minimum atomic E-state index is -4.73. The molecule has 1 fully saturated rings. The molecule has 3 aliphatic rings. The number of hydrogen-bond acceptors (Lipinski definition) is 14. The highest BCUT2D eigenvalue weighted by Crippen LogP contribution is 2.51. The third kappa shape index (κ3) is 11.7. The SMILES string of the molecule is CC1(C)C(/C=C/C=C/C=C2/N(CCCS(=O)(=O)O)c3ccc(S(=O)(=O)O)cc3C2(C)CCCC(=O)NC(=O)ON2C(=O)CCC2=O)=[N+](CCCS(=O)(=O)O)c2ccc(S(=O)(=O)O)cc21. The fourth-order valence-corrected chi connectivity index (χ4v) is 9.96. The standard InChI is InChI=1S/C39H46N4O17S4/c1-38(2)28-24-26(63(54,55)56)13-15-30(28)41(20-8-22-61(48,49)50)32(38)10-5-4-6-11-33-39(3,19-7-12-34(44)40-37(47)60-43-35(45)17-18-36(43)46)29-25-27(64(57,58)59)14-16-31(29)42(33)21-9-23-62(51,52)53/h4-6,10-11,13-16,24-25H,7-9,12,17-23H2,1-3H3,(H4-,40,44,47,48,49,50,51,52,53,54,55,56,57,58,59)/p+1. The molecule has 4 amide bonds. The number of anilines is 1. The maximum atomic E-state index is 12.8. The van der Waals surface area contributed by atoms with Crippen LogP contribution in [0.5, 0.6) is 0 Å². The van der Waals surface area contributed by atoms with Crippen molar-refractivity contribution < 1.29 is 80.5 Å². The zero-order valence-electron chi connectivity index (χ0n) is 34.7. The van der Waals surface area contributed by atoms with Crippen molar-refractivity contribution in [3.8, 4) is 0 Å². The van der Waals surface area contributed by atoms with Crippen LogP contribution in [-0.2, 0) is 70.5 Å². The van der Waals surface area contributed by atoms with E-state index in [1.165, 1.54) is 30.3 Å². The average molecular weight is 972 g/mol. The van der Waals surface area contributed by atoms with E-state index >= 15 is 0 Å². The van der Waals surface area contributed by atoms with Crippen LogP contribution in [0.25, 0.3) is 0 Å². The van der Waals surface area contributed by atoms with Crippen LogP contribution in [0.4, 0.5) is 16.2 Å². The van der Waals surface area contributed by atoms with Crippen molar-refractivity contribution in [1.82, 2.24) is 10.4 Å². The number of carbonyl (C=O) groups excluding carboxylic acids is 4. The largest absolute Gasteiger partial charge is 0.438 e. The van der Waals surface area contributed by atoms with E-state index < -0.39 is 91.5 Å². The number of imide groups is 2. The molecular formula is C39H47N4O17S4+. The molecule has 0 aliphatic carbocycles. The van der Waals surface area contributed by atoms with Crippen LogP contribution in [0, 0.1) is 0 Å². The van der Waals surface area contributed by atoms with E-state index in [0.717, 1.165) is 6.07 Å². The zero-order chi connectivity index (χ0) is 47.6. The second kappa shape index (κ2) is 18.8. The number of fused-ring (bicyclic) bond motifs is 2. The number of allylic oxidation sites excluding steroid dienone is 6. The third-order valence-corrected chi connectivity index (χ3v) is 14.3. The summed E-state index contributed by atoms with van der Waals surface area (Å²) < 4.78 is 135. The van der Waals surface area contributed by atoms with Crippen LogP contribution >= 0.6 is 0 Å². The lowest BCUT2D eigenvalue weighted by atomic mass is 9.77. The van der Waals surface area contributed by atoms with Crippen molar-refractivity contribution in [1.29, 1.82) is 0 Å².